The summed E-state index contributed by atoms with van der Waals surface area (Å²) in [6.07, 6.45) is 5.27. The SMILES string of the molecule is CCCCC(CC)C[N+](C)c1cccc2ccccc12. The summed E-state index contributed by atoms with van der Waals surface area (Å²) in [4.78, 5) is 2.44. The van der Waals surface area contributed by atoms with Gasteiger partial charge in [-0.2, -0.15) is 0 Å². The van der Waals surface area contributed by atoms with E-state index >= 15 is 0 Å². The molecule has 0 spiro atoms. The maximum atomic E-state index is 2.44. The molecule has 20 heavy (non-hydrogen) atoms. The van der Waals surface area contributed by atoms with E-state index in [-0.39, 0.29) is 0 Å². The summed E-state index contributed by atoms with van der Waals surface area (Å²) < 4.78 is 0. The largest absolute Gasteiger partial charge is 0.188 e. The van der Waals surface area contributed by atoms with Crippen LogP contribution in [0, 0.1) is 5.92 Å². The predicted octanol–water partition coefficient (Wildman–Crippen LogP) is 5.46. The van der Waals surface area contributed by atoms with Crippen LogP contribution in [0.3, 0.4) is 0 Å². The first-order valence-electron chi connectivity index (χ1n) is 7.95. The van der Waals surface area contributed by atoms with Crippen LogP contribution in [0.2, 0.25) is 0 Å². The second kappa shape index (κ2) is 7.44. The van der Waals surface area contributed by atoms with E-state index in [4.69, 9.17) is 0 Å². The fourth-order valence-electron chi connectivity index (χ4n) is 2.94. The molecule has 0 N–H and O–H groups in total. The van der Waals surface area contributed by atoms with Gasteiger partial charge in [0.05, 0.1) is 0 Å². The Morgan fingerprint density at radius 3 is 2.50 bits per heavy atom. The summed E-state index contributed by atoms with van der Waals surface area (Å²) in [5.74, 6) is 0.805. The van der Waals surface area contributed by atoms with E-state index in [0.717, 1.165) is 12.5 Å². The van der Waals surface area contributed by atoms with Crippen molar-refractivity contribution in [1.82, 2.24) is 4.90 Å². The lowest BCUT2D eigenvalue weighted by Crippen LogP contribution is -2.26. The standard InChI is InChI=1S/C19H27N/c1-4-6-10-16(5-2)15-20(3)19-14-9-12-17-11-7-8-13-18(17)19/h7-9,11-14,16H,4-6,10,15H2,1-3H3/q+1. The van der Waals surface area contributed by atoms with E-state index in [0.29, 0.717) is 0 Å². The number of rotatable bonds is 7. The summed E-state index contributed by atoms with van der Waals surface area (Å²) in [6.45, 7) is 5.75. The smallest absolute Gasteiger partial charge is 0.136 e. The molecule has 0 heterocycles. The molecule has 1 unspecified atom stereocenters. The highest BCUT2D eigenvalue weighted by Crippen LogP contribution is 2.27. The third kappa shape index (κ3) is 3.61. The number of fused-ring (bicyclic) bond motifs is 1. The van der Waals surface area contributed by atoms with E-state index in [2.05, 4.69) is 68.3 Å². The fraction of sp³-hybridized carbons (Fsp3) is 0.474. The first-order chi connectivity index (χ1) is 9.76. The molecule has 0 aliphatic rings. The Bertz CT molecular complexity index is 527. The minimum Gasteiger partial charge on any atom is -0.136 e. The summed E-state index contributed by atoms with van der Waals surface area (Å²) >= 11 is 0. The van der Waals surface area contributed by atoms with Gasteiger partial charge in [-0.1, -0.05) is 57.0 Å². The molecule has 0 aliphatic heterocycles. The van der Waals surface area contributed by atoms with E-state index in [9.17, 15) is 0 Å². The molecule has 0 aromatic heterocycles. The lowest BCUT2D eigenvalue weighted by Gasteiger charge is -2.16. The van der Waals surface area contributed by atoms with Crippen molar-refractivity contribution in [3.05, 3.63) is 42.5 Å². The zero-order valence-corrected chi connectivity index (χ0v) is 13.1. The minimum atomic E-state index is 0.805. The van der Waals surface area contributed by atoms with Crippen molar-refractivity contribution in [2.45, 2.75) is 39.5 Å². The monoisotopic (exact) mass is 269 g/mol. The van der Waals surface area contributed by atoms with Crippen molar-refractivity contribution < 1.29 is 0 Å². The van der Waals surface area contributed by atoms with E-state index in [1.165, 1.54) is 42.1 Å². The Balaban J connectivity index is 2.16. The van der Waals surface area contributed by atoms with Crippen LogP contribution in [-0.4, -0.2) is 13.6 Å². The zero-order valence-electron chi connectivity index (χ0n) is 13.1. The summed E-state index contributed by atoms with van der Waals surface area (Å²) in [5, 5.41) is 2.70. The molecule has 0 aliphatic carbocycles. The van der Waals surface area contributed by atoms with Crippen LogP contribution in [0.15, 0.2) is 42.5 Å². The molecule has 1 atom stereocenters. The van der Waals surface area contributed by atoms with Gasteiger partial charge in [-0.05, 0) is 24.3 Å². The molecule has 0 saturated heterocycles. The summed E-state index contributed by atoms with van der Waals surface area (Å²) in [5.41, 5.74) is 1.36. The maximum absolute atomic E-state index is 2.44. The van der Waals surface area contributed by atoms with Crippen molar-refractivity contribution >= 4 is 16.5 Å². The molecule has 2 aromatic carbocycles. The van der Waals surface area contributed by atoms with Crippen LogP contribution in [0.4, 0.5) is 5.69 Å². The number of hydrogen-bond acceptors (Lipinski definition) is 1. The van der Waals surface area contributed by atoms with Crippen LogP contribution in [0.25, 0.3) is 10.8 Å². The molecule has 0 saturated carbocycles. The van der Waals surface area contributed by atoms with Crippen molar-refractivity contribution in [2.24, 2.45) is 5.92 Å². The van der Waals surface area contributed by atoms with Crippen LogP contribution < -0.4 is 4.90 Å². The number of benzene rings is 2. The van der Waals surface area contributed by atoms with Crippen LogP contribution in [0.5, 0.6) is 0 Å². The molecule has 1 heteroatoms. The van der Waals surface area contributed by atoms with Gasteiger partial charge < -0.3 is 0 Å². The third-order valence-corrected chi connectivity index (χ3v) is 4.25. The summed E-state index contributed by atoms with van der Waals surface area (Å²) in [6, 6.07) is 15.3. The number of unbranched alkanes of at least 4 members (excludes halogenated alkanes) is 1. The number of nitrogens with zero attached hydrogens (tertiary/aromatic N) is 1. The Hall–Kier alpha value is -1.34. The lowest BCUT2D eigenvalue weighted by atomic mass is 9.98. The first-order valence-corrected chi connectivity index (χ1v) is 7.95. The number of anilines is 1. The van der Waals surface area contributed by atoms with Crippen molar-refractivity contribution in [3.63, 3.8) is 0 Å². The molecule has 0 amide bonds. The Kier molecular flexibility index (Phi) is 5.60. The van der Waals surface area contributed by atoms with Gasteiger partial charge in [0.1, 0.15) is 13.6 Å². The maximum Gasteiger partial charge on any atom is 0.188 e. The van der Waals surface area contributed by atoms with Gasteiger partial charge in [-0.15, -0.1) is 4.90 Å². The highest BCUT2D eigenvalue weighted by Gasteiger charge is 2.20. The van der Waals surface area contributed by atoms with E-state index < -0.39 is 0 Å². The Labute approximate surface area is 123 Å². The molecule has 1 radical (unpaired) electrons. The average Bonchev–Trinajstić information content (AvgIpc) is 2.50. The van der Waals surface area contributed by atoms with Crippen LogP contribution in [0.1, 0.15) is 39.5 Å². The van der Waals surface area contributed by atoms with Gasteiger partial charge in [0.25, 0.3) is 0 Å². The van der Waals surface area contributed by atoms with Gasteiger partial charge in [-0.25, -0.2) is 0 Å². The minimum absolute atomic E-state index is 0.805. The highest BCUT2D eigenvalue weighted by atomic mass is 15.1. The molecular weight excluding hydrogens is 242 g/mol. The van der Waals surface area contributed by atoms with E-state index in [1.54, 1.807) is 0 Å². The van der Waals surface area contributed by atoms with Crippen LogP contribution in [-0.2, 0) is 0 Å². The number of hydrogen-bond donors (Lipinski definition) is 0. The normalized spacial score (nSPS) is 13.0. The highest BCUT2D eigenvalue weighted by molar-refractivity contribution is 5.92. The van der Waals surface area contributed by atoms with Crippen LogP contribution >= 0.6 is 0 Å². The molecule has 0 bridgehead atoms. The topological polar surface area (TPSA) is 5.90 Å². The second-order valence-corrected chi connectivity index (χ2v) is 5.80. The Morgan fingerprint density at radius 2 is 1.75 bits per heavy atom. The van der Waals surface area contributed by atoms with Gasteiger partial charge in [0.15, 0.2) is 5.69 Å². The van der Waals surface area contributed by atoms with E-state index in [1.807, 2.05) is 0 Å². The first kappa shape index (κ1) is 15.1. The molecule has 2 rings (SSSR count). The van der Waals surface area contributed by atoms with Crippen molar-refractivity contribution in [3.8, 4) is 0 Å². The molecule has 0 fully saturated rings. The van der Waals surface area contributed by atoms with Crippen molar-refractivity contribution in [2.75, 3.05) is 13.6 Å². The molecular formula is C19H27N+. The van der Waals surface area contributed by atoms with Gasteiger partial charge in [0.2, 0.25) is 0 Å². The molecule has 1 nitrogen and oxygen atoms in total. The van der Waals surface area contributed by atoms with Gasteiger partial charge in [-0.3, -0.25) is 0 Å². The Morgan fingerprint density at radius 1 is 1.00 bits per heavy atom. The second-order valence-electron chi connectivity index (χ2n) is 5.80. The quantitative estimate of drug-likeness (QED) is 0.589. The fourth-order valence-corrected chi connectivity index (χ4v) is 2.94. The predicted molar refractivity (Wildman–Crippen MR) is 89.8 cm³/mol. The zero-order chi connectivity index (χ0) is 14.4. The molecule has 2 aromatic rings. The van der Waals surface area contributed by atoms with Gasteiger partial charge >= 0.3 is 0 Å². The summed E-state index contributed by atoms with van der Waals surface area (Å²) in [7, 11) is 2.23. The lowest BCUT2D eigenvalue weighted by molar-refractivity contribution is 0.395. The van der Waals surface area contributed by atoms with Gasteiger partial charge in [0, 0.05) is 17.4 Å². The average molecular weight is 269 g/mol. The van der Waals surface area contributed by atoms with Crippen molar-refractivity contribution in [1.29, 1.82) is 0 Å². The molecule has 107 valence electrons. The third-order valence-electron chi connectivity index (χ3n) is 4.25.